The highest BCUT2D eigenvalue weighted by atomic mass is 16.1. The largest absolute Gasteiger partial charge is 0.300 e. The van der Waals surface area contributed by atoms with Crippen LogP contribution in [-0.2, 0) is 4.79 Å². The summed E-state index contributed by atoms with van der Waals surface area (Å²) in [6.45, 7) is 3.98. The van der Waals surface area contributed by atoms with Crippen molar-refractivity contribution in [1.82, 2.24) is 0 Å². The molecule has 0 N–H and O–H groups in total. The summed E-state index contributed by atoms with van der Waals surface area (Å²) in [4.78, 5) is 11.1. The SMILES string of the molecule is CC(=O)[C@H]1C[C@@]2(C)C=C[C@@H]1C2. The highest BCUT2D eigenvalue weighted by molar-refractivity contribution is 5.79. The van der Waals surface area contributed by atoms with Crippen LogP contribution in [0.1, 0.15) is 26.7 Å². The van der Waals surface area contributed by atoms with Crippen molar-refractivity contribution in [2.75, 3.05) is 0 Å². The van der Waals surface area contributed by atoms with E-state index in [4.69, 9.17) is 0 Å². The first kappa shape index (κ1) is 7.08. The highest BCUT2D eigenvalue weighted by Crippen LogP contribution is 2.52. The van der Waals surface area contributed by atoms with E-state index in [2.05, 4.69) is 19.1 Å². The van der Waals surface area contributed by atoms with Crippen LogP contribution in [-0.4, -0.2) is 5.78 Å². The van der Waals surface area contributed by atoms with Gasteiger partial charge in [0.15, 0.2) is 0 Å². The Balaban J connectivity index is 2.23. The summed E-state index contributed by atoms with van der Waals surface area (Å²) in [5.41, 5.74) is 0.362. The van der Waals surface area contributed by atoms with Crippen molar-refractivity contribution in [3.8, 4) is 0 Å². The van der Waals surface area contributed by atoms with Crippen LogP contribution in [0.4, 0.5) is 0 Å². The standard InChI is InChI=1S/C10H14O/c1-7(11)9-6-10(2)4-3-8(9)5-10/h3-4,8-9H,5-6H2,1-2H3/t8-,9-,10+/m1/s1. The first-order valence-electron chi connectivity index (χ1n) is 4.31. The summed E-state index contributed by atoms with van der Waals surface area (Å²) >= 11 is 0. The molecule has 0 saturated heterocycles. The van der Waals surface area contributed by atoms with E-state index in [1.54, 1.807) is 6.92 Å². The number of allylic oxidation sites excluding steroid dienone is 2. The Morgan fingerprint density at radius 3 is 2.55 bits per heavy atom. The normalized spacial score (nSPS) is 46.7. The van der Waals surface area contributed by atoms with E-state index in [9.17, 15) is 4.79 Å². The number of hydrogen-bond donors (Lipinski definition) is 0. The third-order valence-electron chi connectivity index (χ3n) is 3.17. The summed E-state index contributed by atoms with van der Waals surface area (Å²) in [6.07, 6.45) is 6.81. The lowest BCUT2D eigenvalue weighted by Gasteiger charge is -2.19. The van der Waals surface area contributed by atoms with Crippen molar-refractivity contribution < 1.29 is 4.79 Å². The lowest BCUT2D eigenvalue weighted by molar-refractivity contribution is -0.121. The molecule has 11 heavy (non-hydrogen) atoms. The van der Waals surface area contributed by atoms with E-state index >= 15 is 0 Å². The first-order valence-corrected chi connectivity index (χ1v) is 4.31. The zero-order chi connectivity index (χ0) is 8.06. The maximum atomic E-state index is 11.1. The summed E-state index contributed by atoms with van der Waals surface area (Å²) in [7, 11) is 0. The predicted molar refractivity (Wildman–Crippen MR) is 44.1 cm³/mol. The maximum absolute atomic E-state index is 11.1. The molecule has 1 fully saturated rings. The second-order valence-electron chi connectivity index (χ2n) is 4.30. The van der Waals surface area contributed by atoms with Crippen LogP contribution in [0.5, 0.6) is 0 Å². The molecule has 0 radical (unpaired) electrons. The molecule has 0 aromatic rings. The number of hydrogen-bond acceptors (Lipinski definition) is 1. The summed E-state index contributed by atoms with van der Waals surface area (Å²) in [5.74, 6) is 1.28. The molecule has 1 nitrogen and oxygen atoms in total. The van der Waals surface area contributed by atoms with E-state index in [-0.39, 0.29) is 0 Å². The van der Waals surface area contributed by atoms with E-state index in [1.165, 1.54) is 6.42 Å². The summed E-state index contributed by atoms with van der Waals surface area (Å²) < 4.78 is 0. The Kier molecular flexibility index (Phi) is 1.26. The molecular formula is C10H14O. The van der Waals surface area contributed by atoms with Crippen LogP contribution in [0.2, 0.25) is 0 Å². The fourth-order valence-electron chi connectivity index (χ4n) is 2.56. The topological polar surface area (TPSA) is 17.1 Å². The van der Waals surface area contributed by atoms with Crippen LogP contribution in [0.15, 0.2) is 12.2 Å². The van der Waals surface area contributed by atoms with Gasteiger partial charge in [-0.05, 0) is 31.1 Å². The molecule has 0 aromatic carbocycles. The van der Waals surface area contributed by atoms with Gasteiger partial charge in [0.2, 0.25) is 0 Å². The van der Waals surface area contributed by atoms with Crippen molar-refractivity contribution in [1.29, 1.82) is 0 Å². The van der Waals surface area contributed by atoms with Gasteiger partial charge >= 0.3 is 0 Å². The summed E-state index contributed by atoms with van der Waals surface area (Å²) in [5, 5.41) is 0. The number of carbonyl (C=O) groups is 1. The lowest BCUT2D eigenvalue weighted by atomic mass is 9.85. The third kappa shape index (κ3) is 0.943. The highest BCUT2D eigenvalue weighted by Gasteiger charge is 2.45. The number of fused-ring (bicyclic) bond motifs is 2. The Morgan fingerprint density at radius 1 is 1.55 bits per heavy atom. The molecule has 1 saturated carbocycles. The van der Waals surface area contributed by atoms with Crippen LogP contribution in [0, 0.1) is 17.3 Å². The smallest absolute Gasteiger partial charge is 0.133 e. The fraction of sp³-hybridized carbons (Fsp3) is 0.700. The quantitative estimate of drug-likeness (QED) is 0.523. The molecule has 0 unspecified atom stereocenters. The fourth-order valence-corrected chi connectivity index (χ4v) is 2.56. The molecule has 2 rings (SSSR count). The van der Waals surface area contributed by atoms with Gasteiger partial charge in [0.25, 0.3) is 0 Å². The van der Waals surface area contributed by atoms with Gasteiger partial charge in [-0.25, -0.2) is 0 Å². The Hall–Kier alpha value is -0.590. The first-order chi connectivity index (χ1) is 5.11. The number of rotatable bonds is 1. The molecule has 0 heterocycles. The second kappa shape index (κ2) is 1.96. The number of carbonyl (C=O) groups excluding carboxylic acids is 1. The molecule has 0 amide bonds. The zero-order valence-corrected chi connectivity index (χ0v) is 7.13. The lowest BCUT2D eigenvalue weighted by Crippen LogP contribution is -2.17. The van der Waals surface area contributed by atoms with Crippen molar-refractivity contribution in [2.24, 2.45) is 17.3 Å². The van der Waals surface area contributed by atoms with Gasteiger partial charge in [0.1, 0.15) is 5.78 Å². The van der Waals surface area contributed by atoms with Crippen molar-refractivity contribution in [3.63, 3.8) is 0 Å². The van der Waals surface area contributed by atoms with E-state index in [1.807, 2.05) is 0 Å². The zero-order valence-electron chi connectivity index (χ0n) is 7.13. The van der Waals surface area contributed by atoms with Crippen molar-refractivity contribution in [2.45, 2.75) is 26.7 Å². The molecule has 0 spiro atoms. The third-order valence-corrected chi connectivity index (χ3v) is 3.17. The van der Waals surface area contributed by atoms with Gasteiger partial charge in [-0.15, -0.1) is 0 Å². The van der Waals surface area contributed by atoms with Gasteiger partial charge in [-0.2, -0.15) is 0 Å². The number of ketones is 1. The molecule has 2 bridgehead atoms. The number of Topliss-reactive ketones (excluding diaryl/α,β-unsaturated/α-hetero) is 1. The van der Waals surface area contributed by atoms with Gasteiger partial charge in [0, 0.05) is 5.92 Å². The monoisotopic (exact) mass is 150 g/mol. The minimum atomic E-state index is 0.338. The molecule has 2 aliphatic carbocycles. The van der Waals surface area contributed by atoms with Gasteiger partial charge in [0.05, 0.1) is 0 Å². The molecule has 2 aliphatic rings. The minimum Gasteiger partial charge on any atom is -0.300 e. The average Bonchev–Trinajstić information content (AvgIpc) is 2.41. The Morgan fingerprint density at radius 2 is 2.27 bits per heavy atom. The van der Waals surface area contributed by atoms with E-state index in [0.29, 0.717) is 23.0 Å². The van der Waals surface area contributed by atoms with Crippen LogP contribution in [0.25, 0.3) is 0 Å². The molecule has 0 aromatic heterocycles. The van der Waals surface area contributed by atoms with E-state index < -0.39 is 0 Å². The Labute approximate surface area is 67.5 Å². The van der Waals surface area contributed by atoms with Gasteiger partial charge < -0.3 is 0 Å². The second-order valence-corrected chi connectivity index (χ2v) is 4.30. The molecule has 60 valence electrons. The van der Waals surface area contributed by atoms with E-state index in [0.717, 1.165) is 6.42 Å². The van der Waals surface area contributed by atoms with Crippen LogP contribution in [0.3, 0.4) is 0 Å². The van der Waals surface area contributed by atoms with Crippen LogP contribution < -0.4 is 0 Å². The molecule has 3 atom stereocenters. The summed E-state index contributed by atoms with van der Waals surface area (Å²) in [6, 6.07) is 0. The maximum Gasteiger partial charge on any atom is 0.133 e. The van der Waals surface area contributed by atoms with Crippen molar-refractivity contribution >= 4 is 5.78 Å². The van der Waals surface area contributed by atoms with Gasteiger partial charge in [-0.3, -0.25) is 4.79 Å². The molecule has 1 heteroatoms. The van der Waals surface area contributed by atoms with Gasteiger partial charge in [-0.1, -0.05) is 19.1 Å². The molecular weight excluding hydrogens is 136 g/mol. The predicted octanol–water partition coefficient (Wildman–Crippen LogP) is 2.18. The van der Waals surface area contributed by atoms with Crippen molar-refractivity contribution in [3.05, 3.63) is 12.2 Å². The average molecular weight is 150 g/mol. The molecule has 0 aliphatic heterocycles. The Bertz CT molecular complexity index is 229. The van der Waals surface area contributed by atoms with Crippen LogP contribution >= 0.6 is 0 Å². The minimum absolute atomic E-state index is 0.338.